The summed E-state index contributed by atoms with van der Waals surface area (Å²) in [4.78, 5) is 11.7. The van der Waals surface area contributed by atoms with Crippen molar-refractivity contribution >= 4 is 27.7 Å². The van der Waals surface area contributed by atoms with Gasteiger partial charge < -0.3 is 0 Å². The minimum Gasteiger partial charge on any atom is -0.274 e. The first-order valence-corrected chi connectivity index (χ1v) is 8.71. The molecule has 0 heterocycles. The third kappa shape index (κ3) is 4.87. The fourth-order valence-corrected chi connectivity index (χ4v) is 3.53. The zero-order valence-electron chi connectivity index (χ0n) is 11.4. The molecule has 0 atom stereocenters. The molecule has 1 aromatic rings. The quantitative estimate of drug-likeness (QED) is 0.819. The molecule has 0 aliphatic heterocycles. The minimum atomic E-state index is -3.75. The molecular formula is C13H19NO3S2. The number of benzene rings is 1. The van der Waals surface area contributed by atoms with E-state index in [1.54, 1.807) is 30.8 Å². The molecular weight excluding hydrogens is 282 g/mol. The van der Waals surface area contributed by atoms with Gasteiger partial charge in [-0.2, -0.15) is 11.8 Å². The Morgan fingerprint density at radius 2 is 2.00 bits per heavy atom. The lowest BCUT2D eigenvalue weighted by atomic mass is 10.2. The molecule has 106 valence electrons. The van der Waals surface area contributed by atoms with Crippen LogP contribution in [-0.4, -0.2) is 25.8 Å². The highest BCUT2D eigenvalue weighted by molar-refractivity contribution is 7.99. The summed E-state index contributed by atoms with van der Waals surface area (Å²) >= 11 is 1.61. The van der Waals surface area contributed by atoms with Crippen molar-refractivity contribution in [2.75, 3.05) is 11.5 Å². The van der Waals surface area contributed by atoms with Crippen molar-refractivity contribution < 1.29 is 13.2 Å². The van der Waals surface area contributed by atoms with Crippen molar-refractivity contribution in [3.63, 3.8) is 0 Å². The third-order valence-corrected chi connectivity index (χ3v) is 4.98. The molecule has 0 radical (unpaired) electrons. The lowest BCUT2D eigenvalue weighted by Crippen LogP contribution is -2.31. The highest BCUT2D eigenvalue weighted by atomic mass is 32.2. The Labute approximate surface area is 119 Å². The Morgan fingerprint density at radius 1 is 1.32 bits per heavy atom. The normalized spacial score (nSPS) is 11.3. The summed E-state index contributed by atoms with van der Waals surface area (Å²) in [6.45, 7) is 5.61. The van der Waals surface area contributed by atoms with Crippen LogP contribution in [0.1, 0.15) is 24.5 Å². The van der Waals surface area contributed by atoms with E-state index in [1.165, 1.54) is 6.07 Å². The molecule has 0 fully saturated rings. The van der Waals surface area contributed by atoms with Gasteiger partial charge in [-0.1, -0.05) is 24.6 Å². The molecule has 4 nitrogen and oxygen atoms in total. The minimum absolute atomic E-state index is 0.162. The van der Waals surface area contributed by atoms with Gasteiger partial charge in [-0.3, -0.25) is 4.79 Å². The summed E-state index contributed by atoms with van der Waals surface area (Å²) in [5, 5.41) is 0. The van der Waals surface area contributed by atoms with Crippen LogP contribution in [0.2, 0.25) is 0 Å². The highest BCUT2D eigenvalue weighted by Crippen LogP contribution is 2.16. The molecule has 0 unspecified atom stereocenters. The zero-order chi connectivity index (χ0) is 14.5. The largest absolute Gasteiger partial charge is 0.274 e. The van der Waals surface area contributed by atoms with E-state index >= 15 is 0 Å². The number of rotatable bonds is 6. The first-order valence-electron chi connectivity index (χ1n) is 6.07. The van der Waals surface area contributed by atoms with Crippen LogP contribution in [0, 0.1) is 13.8 Å². The second-order valence-corrected chi connectivity index (χ2v) is 7.29. The Kier molecular flexibility index (Phi) is 5.87. The molecule has 0 aliphatic rings. The number of aryl methyl sites for hydroxylation is 2. The predicted octanol–water partition coefficient (Wildman–Crippen LogP) is 2.25. The lowest BCUT2D eigenvalue weighted by molar-refractivity contribution is -0.118. The molecule has 0 spiro atoms. The number of amides is 1. The zero-order valence-corrected chi connectivity index (χ0v) is 13.0. The van der Waals surface area contributed by atoms with Crippen molar-refractivity contribution in [2.24, 2.45) is 0 Å². The van der Waals surface area contributed by atoms with Crippen molar-refractivity contribution in [1.29, 1.82) is 0 Å². The summed E-state index contributed by atoms with van der Waals surface area (Å²) in [5.41, 5.74) is 1.63. The van der Waals surface area contributed by atoms with E-state index in [2.05, 4.69) is 4.72 Å². The second-order valence-electron chi connectivity index (χ2n) is 4.24. The Morgan fingerprint density at radius 3 is 2.58 bits per heavy atom. The first-order chi connectivity index (χ1) is 8.86. The van der Waals surface area contributed by atoms with E-state index in [0.29, 0.717) is 11.3 Å². The average molecular weight is 301 g/mol. The first kappa shape index (κ1) is 16.0. The topological polar surface area (TPSA) is 63.2 Å². The van der Waals surface area contributed by atoms with Crippen LogP contribution in [0.15, 0.2) is 23.1 Å². The van der Waals surface area contributed by atoms with Gasteiger partial charge in [-0.05, 0) is 31.2 Å². The van der Waals surface area contributed by atoms with E-state index in [-0.39, 0.29) is 11.3 Å². The van der Waals surface area contributed by atoms with Crippen molar-refractivity contribution in [2.45, 2.75) is 32.1 Å². The molecule has 1 rings (SSSR count). The summed E-state index contributed by atoms with van der Waals surface area (Å²) in [6, 6.07) is 5.03. The van der Waals surface area contributed by atoms with Gasteiger partial charge in [-0.15, -0.1) is 0 Å². The second kappa shape index (κ2) is 6.96. The fraction of sp³-hybridized carbons (Fsp3) is 0.462. The fourth-order valence-electron chi connectivity index (χ4n) is 1.67. The van der Waals surface area contributed by atoms with Crippen LogP contribution >= 0.6 is 11.8 Å². The van der Waals surface area contributed by atoms with Crippen LogP contribution < -0.4 is 4.72 Å². The Balaban J connectivity index is 2.78. The van der Waals surface area contributed by atoms with Gasteiger partial charge >= 0.3 is 0 Å². The SMILES string of the molecule is CCSCCC(=O)NS(=O)(=O)c1ccc(C)cc1C. The van der Waals surface area contributed by atoms with Crippen LogP contribution in [0.3, 0.4) is 0 Å². The molecule has 0 aromatic heterocycles. The molecule has 0 saturated carbocycles. The van der Waals surface area contributed by atoms with Crippen molar-refractivity contribution in [3.05, 3.63) is 29.3 Å². The van der Waals surface area contributed by atoms with Gasteiger partial charge in [0, 0.05) is 12.2 Å². The molecule has 0 aliphatic carbocycles. The molecule has 0 bridgehead atoms. The van der Waals surface area contributed by atoms with E-state index in [4.69, 9.17) is 0 Å². The van der Waals surface area contributed by atoms with Crippen LogP contribution in [0.4, 0.5) is 0 Å². The maximum absolute atomic E-state index is 12.1. The van der Waals surface area contributed by atoms with Crippen LogP contribution in [0.25, 0.3) is 0 Å². The van der Waals surface area contributed by atoms with E-state index < -0.39 is 15.9 Å². The van der Waals surface area contributed by atoms with Gasteiger partial charge in [0.15, 0.2) is 0 Å². The van der Waals surface area contributed by atoms with Gasteiger partial charge in [0.25, 0.3) is 10.0 Å². The van der Waals surface area contributed by atoms with Gasteiger partial charge in [0.1, 0.15) is 0 Å². The number of carbonyl (C=O) groups excluding carboxylic acids is 1. The third-order valence-electron chi connectivity index (χ3n) is 2.55. The number of thioether (sulfide) groups is 1. The van der Waals surface area contributed by atoms with Gasteiger partial charge in [0.05, 0.1) is 4.90 Å². The van der Waals surface area contributed by atoms with E-state index in [0.717, 1.165) is 11.3 Å². The molecule has 1 amide bonds. The Bertz CT molecular complexity index is 553. The van der Waals surface area contributed by atoms with Crippen LogP contribution in [0.5, 0.6) is 0 Å². The maximum Gasteiger partial charge on any atom is 0.264 e. The average Bonchev–Trinajstić information content (AvgIpc) is 2.27. The molecule has 1 N–H and O–H groups in total. The summed E-state index contributed by atoms with van der Waals surface area (Å²) in [7, 11) is -3.75. The molecule has 19 heavy (non-hydrogen) atoms. The summed E-state index contributed by atoms with van der Waals surface area (Å²) < 4.78 is 26.2. The van der Waals surface area contributed by atoms with E-state index in [9.17, 15) is 13.2 Å². The summed E-state index contributed by atoms with van der Waals surface area (Å²) in [5.74, 6) is 1.09. The van der Waals surface area contributed by atoms with Crippen molar-refractivity contribution in [3.8, 4) is 0 Å². The predicted molar refractivity (Wildman–Crippen MR) is 78.9 cm³/mol. The molecule has 1 aromatic carbocycles. The highest BCUT2D eigenvalue weighted by Gasteiger charge is 2.19. The van der Waals surface area contributed by atoms with Crippen molar-refractivity contribution in [1.82, 2.24) is 4.72 Å². The number of carbonyl (C=O) groups is 1. The summed E-state index contributed by atoms with van der Waals surface area (Å²) in [6.07, 6.45) is 0.211. The van der Waals surface area contributed by atoms with Gasteiger partial charge in [0.2, 0.25) is 5.91 Å². The number of hydrogen-bond acceptors (Lipinski definition) is 4. The number of sulfonamides is 1. The maximum atomic E-state index is 12.1. The molecule has 6 heteroatoms. The Hall–Kier alpha value is -1.01. The monoisotopic (exact) mass is 301 g/mol. The van der Waals surface area contributed by atoms with E-state index in [1.807, 2.05) is 13.8 Å². The lowest BCUT2D eigenvalue weighted by Gasteiger charge is -2.09. The number of nitrogens with one attached hydrogen (secondary N) is 1. The van der Waals surface area contributed by atoms with Crippen LogP contribution in [-0.2, 0) is 14.8 Å². The smallest absolute Gasteiger partial charge is 0.264 e. The number of hydrogen-bond donors (Lipinski definition) is 1. The standard InChI is InChI=1S/C13H19NO3S2/c1-4-18-8-7-13(15)14-19(16,17)12-6-5-10(2)9-11(12)3/h5-6,9H,4,7-8H2,1-3H3,(H,14,15). The van der Waals surface area contributed by atoms with Gasteiger partial charge in [-0.25, -0.2) is 13.1 Å². The molecule has 0 saturated heterocycles.